The minimum atomic E-state index is -0.455. The van der Waals surface area contributed by atoms with Gasteiger partial charge in [-0.25, -0.2) is 4.98 Å². The van der Waals surface area contributed by atoms with Gasteiger partial charge < -0.3 is 9.88 Å². The summed E-state index contributed by atoms with van der Waals surface area (Å²) >= 11 is 0. The molecule has 1 N–H and O–H groups in total. The van der Waals surface area contributed by atoms with E-state index in [1.165, 1.54) is 0 Å². The van der Waals surface area contributed by atoms with Gasteiger partial charge in [0.05, 0.1) is 11.8 Å². The summed E-state index contributed by atoms with van der Waals surface area (Å²) < 4.78 is 1.85. The van der Waals surface area contributed by atoms with Crippen LogP contribution in [0.5, 0.6) is 0 Å². The number of carbonyl (C=O) groups excluding carboxylic acids is 3. The summed E-state index contributed by atoms with van der Waals surface area (Å²) in [7, 11) is 1.86. The molecule has 0 spiro atoms. The Morgan fingerprint density at radius 3 is 2.36 bits per heavy atom. The van der Waals surface area contributed by atoms with E-state index in [0.29, 0.717) is 5.82 Å². The fourth-order valence-electron chi connectivity index (χ4n) is 4.33. The number of nitrogens with one attached hydrogen (secondary N) is 1. The van der Waals surface area contributed by atoms with E-state index in [-0.39, 0.29) is 36.1 Å². The van der Waals surface area contributed by atoms with Gasteiger partial charge in [0.15, 0.2) is 0 Å². The first kappa shape index (κ1) is 18.4. The van der Waals surface area contributed by atoms with Crippen LogP contribution in [-0.4, -0.2) is 38.7 Å². The van der Waals surface area contributed by atoms with Crippen LogP contribution in [0, 0.1) is 11.8 Å². The third-order valence-corrected chi connectivity index (χ3v) is 5.79. The van der Waals surface area contributed by atoms with Crippen molar-refractivity contribution in [2.24, 2.45) is 18.9 Å². The zero-order valence-electron chi connectivity index (χ0n) is 15.9. The van der Waals surface area contributed by atoms with E-state index in [4.69, 9.17) is 0 Å². The number of aromatic nitrogens is 2. The maximum Gasteiger partial charge on any atom is 0.241 e. The molecule has 2 aliphatic rings. The zero-order valence-corrected chi connectivity index (χ0v) is 15.9. The van der Waals surface area contributed by atoms with E-state index in [2.05, 4.69) is 10.3 Å². The van der Waals surface area contributed by atoms with Crippen molar-refractivity contribution >= 4 is 17.7 Å². The van der Waals surface area contributed by atoms with Gasteiger partial charge in [-0.2, -0.15) is 0 Å². The Hall–Kier alpha value is -2.96. The molecule has 7 heteroatoms. The summed E-state index contributed by atoms with van der Waals surface area (Å²) in [6.07, 6.45) is 6.91. The number of imidazole rings is 1. The van der Waals surface area contributed by atoms with Crippen LogP contribution >= 0.6 is 0 Å². The molecule has 3 amide bonds. The van der Waals surface area contributed by atoms with Crippen molar-refractivity contribution in [1.29, 1.82) is 0 Å². The number of benzene rings is 1. The van der Waals surface area contributed by atoms with Crippen LogP contribution in [0.15, 0.2) is 42.7 Å². The first-order valence-corrected chi connectivity index (χ1v) is 9.73. The summed E-state index contributed by atoms with van der Waals surface area (Å²) in [6, 6.07) is 9.08. The Kier molecular flexibility index (Phi) is 4.98. The van der Waals surface area contributed by atoms with Crippen LogP contribution in [0.25, 0.3) is 0 Å². The van der Waals surface area contributed by atoms with Gasteiger partial charge in [0.25, 0.3) is 0 Å². The van der Waals surface area contributed by atoms with Crippen LogP contribution in [0.4, 0.5) is 0 Å². The van der Waals surface area contributed by atoms with Crippen molar-refractivity contribution < 1.29 is 14.4 Å². The molecule has 146 valence electrons. The van der Waals surface area contributed by atoms with Crippen LogP contribution in [-0.2, 0) is 21.4 Å². The number of nitrogens with zero attached hydrogens (tertiary/aromatic N) is 3. The second-order valence-electron chi connectivity index (χ2n) is 7.57. The number of imide groups is 1. The largest absolute Gasteiger partial charge is 0.341 e. The summed E-state index contributed by atoms with van der Waals surface area (Å²) in [6.45, 7) is -0.238. The Bertz CT molecular complexity index is 868. The summed E-state index contributed by atoms with van der Waals surface area (Å²) in [5, 5.41) is 2.96. The normalized spacial score (nSPS) is 22.8. The molecule has 1 aromatic heterocycles. The molecule has 2 fully saturated rings. The van der Waals surface area contributed by atoms with E-state index in [9.17, 15) is 14.4 Å². The van der Waals surface area contributed by atoms with Crippen molar-refractivity contribution in [1.82, 2.24) is 19.8 Å². The highest BCUT2D eigenvalue weighted by Crippen LogP contribution is 2.37. The maximum atomic E-state index is 12.8. The van der Waals surface area contributed by atoms with Crippen LogP contribution in [0.1, 0.15) is 43.1 Å². The average Bonchev–Trinajstić information content (AvgIpc) is 3.24. The Morgan fingerprint density at radius 2 is 1.79 bits per heavy atom. The average molecular weight is 380 g/mol. The molecule has 3 unspecified atom stereocenters. The molecular formula is C21H24N4O3. The number of likely N-dealkylation sites (tertiary alicyclic amines) is 1. The number of hydrogen-bond acceptors (Lipinski definition) is 4. The SMILES string of the molecule is Cn1ccnc1C(NC(=O)CN1C(=O)C2CCCCC2C1=O)c1ccccc1. The van der Waals surface area contributed by atoms with E-state index in [0.717, 1.165) is 36.1 Å². The topological polar surface area (TPSA) is 84.3 Å². The Morgan fingerprint density at radius 1 is 1.14 bits per heavy atom. The highest BCUT2D eigenvalue weighted by atomic mass is 16.2. The monoisotopic (exact) mass is 380 g/mol. The molecule has 7 nitrogen and oxygen atoms in total. The van der Waals surface area contributed by atoms with Crippen LogP contribution in [0.3, 0.4) is 0 Å². The molecule has 1 saturated heterocycles. The first-order valence-electron chi connectivity index (χ1n) is 9.73. The van der Waals surface area contributed by atoms with Gasteiger partial charge in [0, 0.05) is 19.4 Å². The molecule has 1 saturated carbocycles. The molecule has 28 heavy (non-hydrogen) atoms. The van der Waals surface area contributed by atoms with Gasteiger partial charge in [-0.05, 0) is 18.4 Å². The lowest BCUT2D eigenvalue weighted by Crippen LogP contribution is -2.42. The molecule has 0 bridgehead atoms. The Balaban J connectivity index is 1.52. The molecule has 3 atom stereocenters. The van der Waals surface area contributed by atoms with Crippen molar-refractivity contribution in [3.05, 3.63) is 54.1 Å². The van der Waals surface area contributed by atoms with E-state index < -0.39 is 6.04 Å². The van der Waals surface area contributed by atoms with Gasteiger partial charge in [-0.3, -0.25) is 19.3 Å². The standard InChI is InChI=1S/C21H24N4O3/c1-24-12-11-22-19(24)18(14-7-3-2-4-8-14)23-17(26)13-25-20(27)15-9-5-6-10-16(15)21(25)28/h2-4,7-8,11-12,15-16,18H,5-6,9-10,13H2,1H3,(H,23,26). The minimum Gasteiger partial charge on any atom is -0.341 e. The third-order valence-electron chi connectivity index (χ3n) is 5.79. The first-order chi connectivity index (χ1) is 13.6. The van der Waals surface area contributed by atoms with Gasteiger partial charge >= 0.3 is 0 Å². The van der Waals surface area contributed by atoms with E-state index >= 15 is 0 Å². The number of amides is 3. The van der Waals surface area contributed by atoms with Crippen molar-refractivity contribution in [2.45, 2.75) is 31.7 Å². The van der Waals surface area contributed by atoms with Crippen molar-refractivity contribution in [3.8, 4) is 0 Å². The quantitative estimate of drug-likeness (QED) is 0.802. The number of carbonyl (C=O) groups is 3. The Labute approximate surface area is 163 Å². The minimum absolute atomic E-state index is 0.196. The molecule has 4 rings (SSSR count). The van der Waals surface area contributed by atoms with Crippen LogP contribution in [0.2, 0.25) is 0 Å². The summed E-state index contributed by atoms with van der Waals surface area (Å²) in [5.41, 5.74) is 0.887. The lowest BCUT2D eigenvalue weighted by atomic mass is 9.81. The molecule has 1 aliphatic carbocycles. The van der Waals surface area contributed by atoms with Crippen LogP contribution < -0.4 is 5.32 Å². The predicted molar refractivity (Wildman–Crippen MR) is 102 cm³/mol. The lowest BCUT2D eigenvalue weighted by Gasteiger charge is -2.21. The number of aryl methyl sites for hydroxylation is 1. The second kappa shape index (κ2) is 7.58. The third kappa shape index (κ3) is 3.32. The summed E-state index contributed by atoms with van der Waals surface area (Å²) in [5.74, 6) is -0.553. The fourth-order valence-corrected chi connectivity index (χ4v) is 4.33. The van der Waals surface area contributed by atoms with Gasteiger partial charge in [0.1, 0.15) is 18.4 Å². The molecule has 0 radical (unpaired) electrons. The molecule has 2 heterocycles. The zero-order chi connectivity index (χ0) is 19.7. The highest BCUT2D eigenvalue weighted by molar-refractivity contribution is 6.07. The number of hydrogen-bond donors (Lipinski definition) is 1. The van der Waals surface area contributed by atoms with Crippen molar-refractivity contribution in [2.75, 3.05) is 6.54 Å². The second-order valence-corrected chi connectivity index (χ2v) is 7.57. The smallest absolute Gasteiger partial charge is 0.241 e. The van der Waals surface area contributed by atoms with Crippen molar-refractivity contribution in [3.63, 3.8) is 0 Å². The highest BCUT2D eigenvalue weighted by Gasteiger charge is 2.48. The number of rotatable bonds is 5. The van der Waals surface area contributed by atoms with Gasteiger partial charge in [-0.1, -0.05) is 43.2 Å². The summed E-state index contributed by atoms with van der Waals surface area (Å²) in [4.78, 5) is 43.6. The van der Waals surface area contributed by atoms with E-state index in [1.54, 1.807) is 6.20 Å². The molecule has 1 aliphatic heterocycles. The lowest BCUT2D eigenvalue weighted by molar-refractivity contribution is -0.143. The molecular weight excluding hydrogens is 356 g/mol. The predicted octanol–water partition coefficient (Wildman–Crippen LogP) is 1.80. The molecule has 1 aromatic carbocycles. The fraction of sp³-hybridized carbons (Fsp3) is 0.429. The molecule has 2 aromatic rings. The van der Waals surface area contributed by atoms with E-state index in [1.807, 2.05) is 48.1 Å². The maximum absolute atomic E-state index is 12.8. The van der Waals surface area contributed by atoms with Gasteiger partial charge in [0.2, 0.25) is 17.7 Å². The number of fused-ring (bicyclic) bond motifs is 1. The van der Waals surface area contributed by atoms with Gasteiger partial charge in [-0.15, -0.1) is 0 Å².